The Morgan fingerprint density at radius 3 is 2.88 bits per heavy atom. The largest absolute Gasteiger partial charge is 0.377 e. The van der Waals surface area contributed by atoms with Crippen molar-refractivity contribution >= 4 is 22.5 Å². The summed E-state index contributed by atoms with van der Waals surface area (Å²) in [5, 5.41) is 14.3. The van der Waals surface area contributed by atoms with Crippen LogP contribution in [0.3, 0.4) is 0 Å². The molecule has 2 aromatic rings. The number of aromatic nitrogens is 1. The Morgan fingerprint density at radius 2 is 2.06 bits per heavy atom. The standard InChI is InChI=1S/C38H40F2N4O3S/c1-26-12-15-30-22-33(30)34(26)36(46)42-32-11-5-8-27(21-32)13-14-28-20-31(24-41-23-28)35(45)43-48(37(47)29-9-3-2-4-10-29)19-7-18-44-17-6-16-38(39,40)25-44/h2-5,8-12,15,20,23-24,27,30,33,37,47H,6-7,16-19,21-22,25H2,1H3,(H,42,46)/t27?,30?,33?,37?,48-/m0/s1. The number of benzene rings is 1. The number of halogens is 2. The molecular weight excluding hydrogens is 631 g/mol. The fourth-order valence-corrected chi connectivity index (χ4v) is 8.09. The quantitative estimate of drug-likeness (QED) is 0.306. The molecule has 1 aliphatic heterocycles. The molecule has 1 aromatic carbocycles. The first kappa shape index (κ1) is 33.8. The number of carbonyl (C=O) groups is 2. The van der Waals surface area contributed by atoms with Gasteiger partial charge in [0, 0.05) is 53.7 Å². The second-order valence-corrected chi connectivity index (χ2v) is 14.7. The third-order valence-corrected chi connectivity index (χ3v) is 11.0. The number of hydrogen-bond donors (Lipinski definition) is 2. The molecule has 6 rings (SSSR count). The fraction of sp³-hybridized carbons (Fsp3) is 0.395. The summed E-state index contributed by atoms with van der Waals surface area (Å²) < 4.78 is 32.3. The summed E-state index contributed by atoms with van der Waals surface area (Å²) in [7, 11) is -1.11. The van der Waals surface area contributed by atoms with Gasteiger partial charge >= 0.3 is 0 Å². The summed E-state index contributed by atoms with van der Waals surface area (Å²) in [6.45, 7) is 2.78. The molecule has 4 aliphatic rings. The van der Waals surface area contributed by atoms with Gasteiger partial charge < -0.3 is 10.4 Å². The molecule has 2 amide bonds. The van der Waals surface area contributed by atoms with Gasteiger partial charge in [0.15, 0.2) is 0 Å². The number of alkyl halides is 2. The van der Waals surface area contributed by atoms with Crippen LogP contribution in [0, 0.1) is 29.6 Å². The van der Waals surface area contributed by atoms with E-state index in [4.69, 9.17) is 0 Å². The van der Waals surface area contributed by atoms with E-state index in [-0.39, 0.29) is 30.4 Å². The van der Waals surface area contributed by atoms with E-state index in [0.717, 1.165) is 23.3 Å². The average molecular weight is 671 g/mol. The minimum Gasteiger partial charge on any atom is -0.377 e. The van der Waals surface area contributed by atoms with Gasteiger partial charge in [-0.25, -0.2) is 8.78 Å². The molecule has 1 saturated carbocycles. The van der Waals surface area contributed by atoms with Crippen LogP contribution in [0.2, 0.25) is 0 Å². The summed E-state index contributed by atoms with van der Waals surface area (Å²) in [6.07, 6.45) is 15.5. The van der Waals surface area contributed by atoms with Gasteiger partial charge in [-0.05, 0) is 74.4 Å². The maximum Gasteiger partial charge on any atom is 0.284 e. The maximum atomic E-state index is 13.9. The van der Waals surface area contributed by atoms with Gasteiger partial charge in [0.2, 0.25) is 0 Å². The first-order valence-electron chi connectivity index (χ1n) is 16.5. The highest BCUT2D eigenvalue weighted by atomic mass is 32.2. The summed E-state index contributed by atoms with van der Waals surface area (Å²) >= 11 is 0. The number of carbonyl (C=O) groups excluding carboxylic acids is 2. The molecule has 4 unspecified atom stereocenters. The molecular formula is C38H40F2N4O3S. The summed E-state index contributed by atoms with van der Waals surface area (Å²) in [4.78, 5) is 32.4. The van der Waals surface area contributed by atoms with Crippen molar-refractivity contribution in [1.29, 1.82) is 0 Å². The van der Waals surface area contributed by atoms with Crippen LogP contribution < -0.4 is 5.32 Å². The summed E-state index contributed by atoms with van der Waals surface area (Å²) in [5.74, 6) is 4.17. The van der Waals surface area contributed by atoms with E-state index >= 15 is 0 Å². The predicted octanol–water partition coefficient (Wildman–Crippen LogP) is 6.29. The molecule has 1 saturated heterocycles. The van der Waals surface area contributed by atoms with Crippen molar-refractivity contribution in [1.82, 2.24) is 15.2 Å². The van der Waals surface area contributed by atoms with Crippen molar-refractivity contribution in [2.45, 2.75) is 50.4 Å². The number of nitrogens with one attached hydrogen (secondary N) is 1. The van der Waals surface area contributed by atoms with E-state index < -0.39 is 28.0 Å². The molecule has 7 nitrogen and oxygen atoms in total. The summed E-state index contributed by atoms with van der Waals surface area (Å²) in [5.41, 5.74) is 3.16. The van der Waals surface area contributed by atoms with Gasteiger partial charge in [-0.2, -0.15) is 4.36 Å². The first-order valence-corrected chi connectivity index (χ1v) is 17.9. The smallest absolute Gasteiger partial charge is 0.284 e. The molecule has 10 heteroatoms. The number of hydrogen-bond acceptors (Lipinski definition) is 5. The van der Waals surface area contributed by atoms with Gasteiger partial charge in [-0.3, -0.25) is 19.5 Å². The van der Waals surface area contributed by atoms with Crippen LogP contribution in [0.15, 0.2) is 100 Å². The number of amides is 2. The minimum atomic E-state index is -2.68. The van der Waals surface area contributed by atoms with Gasteiger partial charge in [-0.1, -0.05) is 77.2 Å². The van der Waals surface area contributed by atoms with Crippen molar-refractivity contribution in [3.8, 4) is 11.8 Å². The molecule has 250 valence electrons. The van der Waals surface area contributed by atoms with Crippen molar-refractivity contribution < 1.29 is 23.5 Å². The third-order valence-electron chi connectivity index (χ3n) is 9.06. The Bertz CT molecular complexity index is 1770. The lowest BCUT2D eigenvalue weighted by Gasteiger charge is -2.32. The number of likely N-dealkylation sites (tertiary alicyclic amines) is 1. The zero-order valence-electron chi connectivity index (χ0n) is 26.9. The number of allylic oxidation sites excluding steroid dienone is 7. The molecule has 2 fully saturated rings. The van der Waals surface area contributed by atoms with E-state index in [9.17, 15) is 23.5 Å². The topological polar surface area (TPSA) is 94.9 Å². The van der Waals surface area contributed by atoms with Crippen LogP contribution in [-0.4, -0.2) is 58.1 Å². The molecule has 0 radical (unpaired) electrons. The predicted molar refractivity (Wildman–Crippen MR) is 184 cm³/mol. The number of aliphatic hydroxyl groups is 1. The molecule has 0 bridgehead atoms. The number of aliphatic hydroxyl groups excluding tert-OH is 1. The van der Waals surface area contributed by atoms with Gasteiger partial charge in [-0.15, -0.1) is 0 Å². The van der Waals surface area contributed by atoms with E-state index in [2.05, 4.69) is 32.6 Å². The number of rotatable bonds is 9. The Morgan fingerprint density at radius 1 is 1.23 bits per heavy atom. The Kier molecular flexibility index (Phi) is 10.6. The zero-order chi connectivity index (χ0) is 33.7. The van der Waals surface area contributed by atoms with E-state index in [1.54, 1.807) is 29.3 Å². The number of fused-ring (bicyclic) bond motifs is 1. The highest BCUT2D eigenvalue weighted by molar-refractivity contribution is 7.87. The maximum absolute atomic E-state index is 13.9. The second-order valence-electron chi connectivity index (χ2n) is 12.9. The highest BCUT2D eigenvalue weighted by Gasteiger charge is 2.43. The van der Waals surface area contributed by atoms with Crippen LogP contribution in [0.1, 0.15) is 65.9 Å². The molecule has 1 aromatic heterocycles. The first-order chi connectivity index (χ1) is 23.1. The monoisotopic (exact) mass is 670 g/mol. The zero-order valence-corrected chi connectivity index (χ0v) is 27.8. The molecule has 3 aliphatic carbocycles. The van der Waals surface area contributed by atoms with Crippen molar-refractivity contribution in [3.63, 3.8) is 0 Å². The van der Waals surface area contributed by atoms with E-state index in [0.29, 0.717) is 61.1 Å². The second kappa shape index (κ2) is 15.0. The molecule has 5 atom stereocenters. The number of pyridine rings is 1. The number of piperidine rings is 1. The molecule has 2 N–H and O–H groups in total. The van der Waals surface area contributed by atoms with Crippen molar-refractivity contribution in [2.24, 2.45) is 22.1 Å². The molecule has 2 heterocycles. The van der Waals surface area contributed by atoms with Gasteiger partial charge in [0.05, 0.1) is 12.1 Å². The van der Waals surface area contributed by atoms with Crippen molar-refractivity contribution in [2.75, 3.05) is 25.4 Å². The minimum absolute atomic E-state index is 0.0405. The fourth-order valence-electron chi connectivity index (χ4n) is 6.46. The number of nitrogens with zero attached hydrogens (tertiary/aromatic N) is 3. The summed E-state index contributed by atoms with van der Waals surface area (Å²) in [6, 6.07) is 10.7. The Balaban J connectivity index is 1.11. The van der Waals surface area contributed by atoms with Crippen molar-refractivity contribution in [3.05, 3.63) is 113 Å². The Hall–Kier alpha value is -4.04. The molecule has 48 heavy (non-hydrogen) atoms. The molecule has 0 spiro atoms. The van der Waals surface area contributed by atoms with Crippen LogP contribution in [-0.2, 0) is 15.5 Å². The lowest BCUT2D eigenvalue weighted by Crippen LogP contribution is -2.43. The van der Waals surface area contributed by atoms with Crippen LogP contribution >= 0.6 is 0 Å². The highest BCUT2D eigenvalue weighted by Crippen LogP contribution is 2.49. The average Bonchev–Trinajstić information content (AvgIpc) is 3.86. The lowest BCUT2D eigenvalue weighted by atomic mass is 9.95. The third kappa shape index (κ3) is 8.70. The van der Waals surface area contributed by atoms with Crippen LogP contribution in [0.5, 0.6) is 0 Å². The SMILES string of the molecule is CC1=C(C(=O)NC2=CC=CC(C#Cc3cncc(C(=O)N=[S@@](CCCN4CCCC(F)(F)C4)C(O)c4ccccc4)c3)C2)C2CC2C=C1. The van der Waals surface area contributed by atoms with E-state index in [1.807, 2.05) is 49.4 Å². The van der Waals surface area contributed by atoms with Crippen LogP contribution in [0.25, 0.3) is 0 Å². The Labute approximate surface area is 283 Å². The van der Waals surface area contributed by atoms with E-state index in [1.165, 1.54) is 6.20 Å². The van der Waals surface area contributed by atoms with Gasteiger partial charge in [0.1, 0.15) is 5.44 Å². The lowest BCUT2D eigenvalue weighted by molar-refractivity contribution is -0.117. The normalized spacial score (nSPS) is 24.2. The van der Waals surface area contributed by atoms with Gasteiger partial charge in [0.25, 0.3) is 17.7 Å². The van der Waals surface area contributed by atoms with Crippen LogP contribution in [0.4, 0.5) is 8.78 Å².